The van der Waals surface area contributed by atoms with Crippen LogP contribution in [-0.2, 0) is 10.3 Å². The lowest BCUT2D eigenvalue weighted by molar-refractivity contribution is -0.128. The van der Waals surface area contributed by atoms with Gasteiger partial charge in [-0.25, -0.2) is 9.98 Å². The maximum atomic E-state index is 12.3. The first-order valence-electron chi connectivity index (χ1n) is 6.75. The third-order valence-corrected chi connectivity index (χ3v) is 4.20. The number of rotatable bonds is 2. The van der Waals surface area contributed by atoms with Gasteiger partial charge in [-0.1, -0.05) is 29.3 Å². The van der Waals surface area contributed by atoms with Gasteiger partial charge in [0.2, 0.25) is 11.9 Å². The van der Waals surface area contributed by atoms with Crippen molar-refractivity contribution in [2.45, 2.75) is 18.9 Å². The van der Waals surface area contributed by atoms with E-state index < -0.39 is 5.54 Å². The molecule has 1 amide bonds. The Morgan fingerprint density at radius 3 is 2.64 bits per heavy atom. The van der Waals surface area contributed by atoms with E-state index in [1.54, 1.807) is 30.4 Å². The summed E-state index contributed by atoms with van der Waals surface area (Å²) in [6, 6.07) is 5.30. The lowest BCUT2D eigenvalue weighted by Gasteiger charge is -2.33. The molecule has 0 aliphatic carbocycles. The quantitative estimate of drug-likeness (QED) is 0.613. The first-order valence-corrected chi connectivity index (χ1v) is 7.51. The van der Waals surface area contributed by atoms with E-state index in [1.807, 2.05) is 27.1 Å². The summed E-state index contributed by atoms with van der Waals surface area (Å²) in [7, 11) is 5.38. The highest BCUT2D eigenvalue weighted by Crippen LogP contribution is 2.36. The molecule has 0 bridgehead atoms. The largest absolute Gasteiger partial charge is 0.369 e. The zero-order valence-corrected chi connectivity index (χ0v) is 14.5. The van der Waals surface area contributed by atoms with Gasteiger partial charge in [0.25, 0.3) is 0 Å². The number of guanidine groups is 1. The molecule has 0 radical (unpaired) electrons. The molecule has 1 heterocycles. The van der Waals surface area contributed by atoms with E-state index in [2.05, 4.69) is 9.98 Å². The van der Waals surface area contributed by atoms with Gasteiger partial charge in [-0.05, 0) is 24.6 Å². The minimum atomic E-state index is -0.711. The van der Waals surface area contributed by atoms with Crippen LogP contribution in [0.3, 0.4) is 0 Å². The number of hydrogen-bond donors (Lipinski definition) is 0. The van der Waals surface area contributed by atoms with Crippen LogP contribution >= 0.6 is 23.2 Å². The summed E-state index contributed by atoms with van der Waals surface area (Å²) in [4.78, 5) is 24.5. The van der Waals surface area contributed by atoms with Crippen molar-refractivity contribution >= 4 is 41.4 Å². The molecule has 0 N–H and O–H groups in total. The Morgan fingerprint density at radius 1 is 1.36 bits per heavy atom. The van der Waals surface area contributed by atoms with E-state index in [0.717, 1.165) is 5.56 Å². The molecule has 0 saturated carbocycles. The molecule has 0 spiro atoms. The van der Waals surface area contributed by atoms with Gasteiger partial charge in [-0.15, -0.1) is 0 Å². The van der Waals surface area contributed by atoms with Gasteiger partial charge >= 0.3 is 0 Å². The summed E-state index contributed by atoms with van der Waals surface area (Å²) in [6.45, 7) is 1.89. The molecular weight excluding hydrogens is 323 g/mol. The molecule has 5 nitrogen and oxygen atoms in total. The Balaban J connectivity index is 2.47. The highest BCUT2D eigenvalue weighted by atomic mass is 35.5. The molecule has 22 heavy (non-hydrogen) atoms. The van der Waals surface area contributed by atoms with E-state index in [0.29, 0.717) is 16.0 Å². The topological polar surface area (TPSA) is 48.3 Å². The van der Waals surface area contributed by atoms with Crippen molar-refractivity contribution in [2.75, 3.05) is 21.1 Å². The Hall–Kier alpha value is -1.59. The number of amides is 1. The summed E-state index contributed by atoms with van der Waals surface area (Å²) < 4.78 is 0. The van der Waals surface area contributed by atoms with Gasteiger partial charge in [-0.2, -0.15) is 0 Å². The average molecular weight is 341 g/mol. The van der Waals surface area contributed by atoms with Gasteiger partial charge in [0, 0.05) is 21.1 Å². The van der Waals surface area contributed by atoms with Gasteiger partial charge in [-0.3, -0.25) is 9.69 Å². The molecule has 118 valence electrons. The zero-order chi connectivity index (χ0) is 16.5. The molecule has 1 aromatic carbocycles. The van der Waals surface area contributed by atoms with E-state index in [1.165, 1.54) is 4.90 Å². The highest BCUT2D eigenvalue weighted by molar-refractivity contribution is 6.42. The zero-order valence-electron chi connectivity index (χ0n) is 13.0. The third-order valence-electron chi connectivity index (χ3n) is 3.46. The Bertz CT molecular complexity index is 657. The first-order chi connectivity index (χ1) is 10.2. The third kappa shape index (κ3) is 3.42. The molecule has 0 saturated heterocycles. The summed E-state index contributed by atoms with van der Waals surface area (Å²) in [5.41, 5.74) is 0.123. The van der Waals surface area contributed by atoms with E-state index in [-0.39, 0.29) is 12.3 Å². The van der Waals surface area contributed by atoms with E-state index in [4.69, 9.17) is 23.2 Å². The van der Waals surface area contributed by atoms with Crippen LogP contribution in [0, 0.1) is 0 Å². The van der Waals surface area contributed by atoms with Crippen LogP contribution < -0.4 is 0 Å². The van der Waals surface area contributed by atoms with Crippen molar-refractivity contribution < 1.29 is 4.79 Å². The predicted octanol–water partition coefficient (Wildman–Crippen LogP) is 3.02. The van der Waals surface area contributed by atoms with Crippen LogP contribution in [-0.4, -0.2) is 49.1 Å². The second-order valence-electron chi connectivity index (χ2n) is 5.65. The molecule has 7 heteroatoms. The number of benzene rings is 1. The first kappa shape index (κ1) is 16.8. The number of aliphatic imine (C=N–C) groups is 2. The number of nitrogens with zero attached hydrogens (tertiary/aromatic N) is 4. The fourth-order valence-electron chi connectivity index (χ4n) is 2.14. The van der Waals surface area contributed by atoms with Crippen molar-refractivity contribution in [1.82, 2.24) is 9.80 Å². The summed E-state index contributed by atoms with van der Waals surface area (Å²) in [5.74, 6) is 0.327. The summed E-state index contributed by atoms with van der Waals surface area (Å²) in [5, 5.41) is 0.920. The molecule has 1 atom stereocenters. The fraction of sp³-hybridized carbons (Fsp3) is 0.400. The van der Waals surface area contributed by atoms with Crippen molar-refractivity contribution in [2.24, 2.45) is 9.98 Å². The van der Waals surface area contributed by atoms with E-state index in [9.17, 15) is 4.79 Å². The Kier molecular flexibility index (Phi) is 4.78. The normalized spacial score (nSPS) is 22.2. The molecule has 1 aromatic rings. The second kappa shape index (κ2) is 6.26. The average Bonchev–Trinajstić information content (AvgIpc) is 2.44. The van der Waals surface area contributed by atoms with Crippen LogP contribution in [0.1, 0.15) is 18.9 Å². The molecule has 1 aliphatic rings. The Labute approximate surface area is 140 Å². The van der Waals surface area contributed by atoms with Gasteiger partial charge in [0.15, 0.2) is 0 Å². The molecule has 1 unspecified atom stereocenters. The number of halogens is 2. The SMILES string of the molecule is CN(C)/C=N\C1=NC(C)(c2ccc(Cl)c(Cl)c2)CC(=O)N1C. The van der Waals surface area contributed by atoms with Crippen LogP contribution in [0.4, 0.5) is 0 Å². The molecular formula is C15H18Cl2N4O. The smallest absolute Gasteiger partial charge is 0.231 e. The standard InChI is InChI=1S/C15H18Cl2N4O/c1-15(10-5-6-11(16)12(17)7-10)8-13(22)21(4)14(19-15)18-9-20(2)3/h5-7,9H,8H2,1-4H3/b18-9-. The monoisotopic (exact) mass is 340 g/mol. The Morgan fingerprint density at radius 2 is 2.05 bits per heavy atom. The molecule has 0 fully saturated rings. The highest BCUT2D eigenvalue weighted by Gasteiger charge is 2.37. The van der Waals surface area contributed by atoms with Crippen LogP contribution in [0.15, 0.2) is 28.2 Å². The fourth-order valence-corrected chi connectivity index (χ4v) is 2.44. The number of hydrogen-bond acceptors (Lipinski definition) is 3. The minimum Gasteiger partial charge on any atom is -0.369 e. The predicted molar refractivity (Wildman–Crippen MR) is 90.8 cm³/mol. The summed E-state index contributed by atoms with van der Waals surface area (Å²) >= 11 is 12.0. The maximum absolute atomic E-state index is 12.3. The number of carbonyl (C=O) groups is 1. The summed E-state index contributed by atoms with van der Waals surface area (Å²) in [6.07, 6.45) is 1.87. The van der Waals surface area contributed by atoms with Gasteiger partial charge in [0.05, 0.1) is 28.3 Å². The second-order valence-corrected chi connectivity index (χ2v) is 6.47. The van der Waals surface area contributed by atoms with Gasteiger partial charge < -0.3 is 4.90 Å². The maximum Gasteiger partial charge on any atom is 0.231 e. The minimum absolute atomic E-state index is 0.0468. The van der Waals surface area contributed by atoms with Crippen LogP contribution in [0.5, 0.6) is 0 Å². The molecule has 0 aromatic heterocycles. The van der Waals surface area contributed by atoms with Crippen molar-refractivity contribution in [3.05, 3.63) is 33.8 Å². The number of carbonyl (C=O) groups excluding carboxylic acids is 1. The van der Waals surface area contributed by atoms with E-state index >= 15 is 0 Å². The van der Waals surface area contributed by atoms with Crippen molar-refractivity contribution in [3.63, 3.8) is 0 Å². The lowest BCUT2D eigenvalue weighted by Crippen LogP contribution is -2.43. The van der Waals surface area contributed by atoms with Crippen molar-refractivity contribution in [3.8, 4) is 0 Å². The molecule has 1 aliphatic heterocycles. The van der Waals surface area contributed by atoms with Crippen molar-refractivity contribution in [1.29, 1.82) is 0 Å². The van der Waals surface area contributed by atoms with Crippen LogP contribution in [0.25, 0.3) is 0 Å². The van der Waals surface area contributed by atoms with Crippen LogP contribution in [0.2, 0.25) is 10.0 Å². The van der Waals surface area contributed by atoms with Gasteiger partial charge in [0.1, 0.15) is 0 Å². The lowest BCUT2D eigenvalue weighted by atomic mass is 9.88. The molecule has 2 rings (SSSR count).